The maximum Gasteiger partial charge on any atom is 0.278 e. The molecular weight excluding hydrogens is 440 g/mol. The summed E-state index contributed by atoms with van der Waals surface area (Å²) in [7, 11) is 0. The van der Waals surface area contributed by atoms with E-state index in [0.717, 1.165) is 17.0 Å². The maximum absolute atomic E-state index is 13.1. The molecule has 0 bridgehead atoms. The number of hydrogen-bond acceptors (Lipinski definition) is 5. The van der Waals surface area contributed by atoms with Crippen LogP contribution in [0.3, 0.4) is 0 Å². The Hall–Kier alpha value is -3.58. The third-order valence-corrected chi connectivity index (χ3v) is 5.68. The molecule has 2 heterocycles. The average molecular weight is 465 g/mol. The lowest BCUT2D eigenvalue weighted by molar-refractivity contribution is 0.101. The number of nitrogens with zero attached hydrogens (tertiary/aromatic N) is 3. The Morgan fingerprint density at radius 2 is 1.88 bits per heavy atom. The lowest BCUT2D eigenvalue weighted by atomic mass is 10.1. The molecule has 0 unspecified atom stereocenters. The van der Waals surface area contributed by atoms with Gasteiger partial charge in [0.05, 0.1) is 29.2 Å². The molecule has 0 radical (unpaired) electrons. The van der Waals surface area contributed by atoms with Crippen LogP contribution in [-0.4, -0.2) is 20.8 Å². The molecule has 0 atom stereocenters. The molecule has 170 valence electrons. The summed E-state index contributed by atoms with van der Waals surface area (Å²) in [5.41, 5.74) is 5.37. The van der Waals surface area contributed by atoms with Gasteiger partial charge in [-0.3, -0.25) is 9.48 Å². The molecule has 33 heavy (non-hydrogen) atoms. The van der Waals surface area contributed by atoms with E-state index in [1.165, 1.54) is 5.56 Å². The van der Waals surface area contributed by atoms with Crippen LogP contribution < -0.4 is 10.1 Å². The molecule has 0 aliphatic carbocycles. The number of benzene rings is 2. The van der Waals surface area contributed by atoms with Gasteiger partial charge in [-0.2, -0.15) is 5.10 Å². The summed E-state index contributed by atoms with van der Waals surface area (Å²) in [6.07, 6.45) is 0. The van der Waals surface area contributed by atoms with Gasteiger partial charge in [0, 0.05) is 5.02 Å². The predicted octanol–water partition coefficient (Wildman–Crippen LogP) is 5.64. The van der Waals surface area contributed by atoms with Gasteiger partial charge in [-0.1, -0.05) is 46.6 Å². The van der Waals surface area contributed by atoms with E-state index in [0.29, 0.717) is 34.3 Å². The minimum Gasteiger partial charge on any atom is -0.489 e. The molecule has 1 amide bonds. The zero-order valence-electron chi connectivity index (χ0n) is 19.0. The molecule has 7 nitrogen and oxygen atoms in total. The first-order chi connectivity index (χ1) is 15.8. The summed E-state index contributed by atoms with van der Waals surface area (Å²) in [6, 6.07) is 15.3. The van der Waals surface area contributed by atoms with Crippen molar-refractivity contribution < 1.29 is 14.1 Å². The number of aryl methyl sites for hydroxylation is 3. The largest absolute Gasteiger partial charge is 0.489 e. The van der Waals surface area contributed by atoms with Gasteiger partial charge in [0.15, 0.2) is 5.69 Å². The highest BCUT2D eigenvalue weighted by Crippen LogP contribution is 2.24. The van der Waals surface area contributed by atoms with Gasteiger partial charge in [0.25, 0.3) is 5.91 Å². The first kappa shape index (κ1) is 22.6. The van der Waals surface area contributed by atoms with Crippen LogP contribution in [0.2, 0.25) is 5.02 Å². The van der Waals surface area contributed by atoms with Crippen molar-refractivity contribution in [2.45, 2.75) is 40.8 Å². The van der Waals surface area contributed by atoms with Gasteiger partial charge in [0.1, 0.15) is 18.1 Å². The molecule has 8 heteroatoms. The van der Waals surface area contributed by atoms with Crippen molar-refractivity contribution in [3.8, 4) is 5.75 Å². The normalized spacial score (nSPS) is 10.9. The summed E-state index contributed by atoms with van der Waals surface area (Å²) >= 11 is 5.92. The lowest BCUT2D eigenvalue weighted by Crippen LogP contribution is -2.16. The van der Waals surface area contributed by atoms with Gasteiger partial charge in [-0.15, -0.1) is 0 Å². The van der Waals surface area contributed by atoms with E-state index in [9.17, 15) is 4.79 Å². The molecule has 2 aromatic heterocycles. The zero-order chi connectivity index (χ0) is 23.5. The van der Waals surface area contributed by atoms with E-state index >= 15 is 0 Å². The fourth-order valence-electron chi connectivity index (χ4n) is 3.61. The van der Waals surface area contributed by atoms with Crippen molar-refractivity contribution in [3.63, 3.8) is 0 Å². The summed E-state index contributed by atoms with van der Waals surface area (Å²) in [6.45, 7) is 8.38. The molecule has 0 aliphatic rings. The van der Waals surface area contributed by atoms with Crippen LogP contribution in [0.5, 0.6) is 5.75 Å². The topological polar surface area (TPSA) is 82.2 Å². The molecular formula is C25H25ClN4O3. The van der Waals surface area contributed by atoms with Crippen LogP contribution in [0.15, 0.2) is 53.1 Å². The molecule has 0 spiro atoms. The molecule has 0 fully saturated rings. The van der Waals surface area contributed by atoms with Crippen LogP contribution in [0.4, 0.5) is 5.69 Å². The smallest absolute Gasteiger partial charge is 0.278 e. The fraction of sp³-hybridized carbons (Fsp3) is 0.240. The van der Waals surface area contributed by atoms with Crippen molar-refractivity contribution in [1.29, 1.82) is 0 Å². The first-order valence-electron chi connectivity index (χ1n) is 10.6. The van der Waals surface area contributed by atoms with E-state index in [2.05, 4.69) is 40.7 Å². The molecule has 4 aromatic rings. The monoisotopic (exact) mass is 464 g/mol. The van der Waals surface area contributed by atoms with Crippen molar-refractivity contribution in [2.75, 3.05) is 5.32 Å². The van der Waals surface area contributed by atoms with Crippen LogP contribution in [0.25, 0.3) is 0 Å². The minimum atomic E-state index is -0.372. The number of halogens is 1. The number of amides is 1. The Bertz CT molecular complexity index is 1290. The third kappa shape index (κ3) is 5.09. The second kappa shape index (κ2) is 9.50. The summed E-state index contributed by atoms with van der Waals surface area (Å²) in [5.74, 6) is 0.788. The number of nitrogens with one attached hydrogen (secondary N) is 1. The Kier molecular flexibility index (Phi) is 6.51. The third-order valence-electron chi connectivity index (χ3n) is 5.43. The summed E-state index contributed by atoms with van der Waals surface area (Å²) in [4.78, 5) is 13.1. The second-order valence-electron chi connectivity index (χ2n) is 7.96. The van der Waals surface area contributed by atoms with Gasteiger partial charge in [-0.05, 0) is 57.5 Å². The number of carbonyl (C=O) groups is 1. The standard InChI is InChI=1S/C25H25ClN4O3/c1-15-6-5-7-19(12-15)13-30-17(3)23(16(2)28-30)27-25(31)24-22(18(4)33-29-24)14-32-21-10-8-20(26)9-11-21/h5-12H,13-14H2,1-4H3,(H,27,31). The second-order valence-corrected chi connectivity index (χ2v) is 8.39. The molecule has 1 N–H and O–H groups in total. The quantitative estimate of drug-likeness (QED) is 0.383. The summed E-state index contributed by atoms with van der Waals surface area (Å²) in [5, 5.41) is 12.2. The van der Waals surface area contributed by atoms with E-state index in [1.807, 2.05) is 24.6 Å². The highest BCUT2D eigenvalue weighted by Gasteiger charge is 2.23. The highest BCUT2D eigenvalue weighted by molar-refractivity contribution is 6.30. The number of aromatic nitrogens is 3. The summed E-state index contributed by atoms with van der Waals surface area (Å²) < 4.78 is 13.0. The fourth-order valence-corrected chi connectivity index (χ4v) is 3.74. The number of carbonyl (C=O) groups excluding carboxylic acids is 1. The number of rotatable bonds is 7. The number of hydrogen-bond donors (Lipinski definition) is 1. The first-order valence-corrected chi connectivity index (χ1v) is 10.9. The van der Waals surface area contributed by atoms with Crippen molar-refractivity contribution in [1.82, 2.24) is 14.9 Å². The maximum atomic E-state index is 13.1. The van der Waals surface area contributed by atoms with Crippen molar-refractivity contribution >= 4 is 23.2 Å². The minimum absolute atomic E-state index is 0.143. The molecule has 0 saturated heterocycles. The van der Waals surface area contributed by atoms with E-state index in [1.54, 1.807) is 31.2 Å². The Labute approximate surface area is 197 Å². The van der Waals surface area contributed by atoms with Crippen LogP contribution >= 0.6 is 11.6 Å². The van der Waals surface area contributed by atoms with Gasteiger partial charge < -0.3 is 14.6 Å². The molecule has 0 saturated carbocycles. The van der Waals surface area contributed by atoms with E-state index < -0.39 is 0 Å². The molecule has 4 rings (SSSR count). The van der Waals surface area contributed by atoms with Crippen LogP contribution in [0.1, 0.15) is 44.3 Å². The lowest BCUT2D eigenvalue weighted by Gasteiger charge is -2.09. The molecule has 0 aliphatic heterocycles. The zero-order valence-corrected chi connectivity index (χ0v) is 19.7. The van der Waals surface area contributed by atoms with Gasteiger partial charge in [0.2, 0.25) is 0 Å². The van der Waals surface area contributed by atoms with E-state index in [-0.39, 0.29) is 18.2 Å². The van der Waals surface area contributed by atoms with E-state index in [4.69, 9.17) is 20.9 Å². The predicted molar refractivity (Wildman–Crippen MR) is 127 cm³/mol. The number of anilines is 1. The van der Waals surface area contributed by atoms with Crippen molar-refractivity contribution in [2.24, 2.45) is 0 Å². The molecule has 2 aromatic carbocycles. The Balaban J connectivity index is 1.51. The van der Waals surface area contributed by atoms with Crippen LogP contribution in [-0.2, 0) is 13.2 Å². The van der Waals surface area contributed by atoms with Gasteiger partial charge >= 0.3 is 0 Å². The Morgan fingerprint density at radius 3 is 2.61 bits per heavy atom. The average Bonchev–Trinajstić information content (AvgIpc) is 3.27. The van der Waals surface area contributed by atoms with Crippen LogP contribution in [0, 0.1) is 27.7 Å². The highest BCUT2D eigenvalue weighted by atomic mass is 35.5. The number of ether oxygens (including phenoxy) is 1. The SMILES string of the molecule is Cc1cccc(Cn2nc(C)c(NC(=O)c3noc(C)c3COc3ccc(Cl)cc3)c2C)c1. The van der Waals surface area contributed by atoms with Crippen molar-refractivity contribution in [3.05, 3.63) is 93.1 Å². The Morgan fingerprint density at radius 1 is 1.12 bits per heavy atom. The van der Waals surface area contributed by atoms with Gasteiger partial charge in [-0.25, -0.2) is 0 Å².